The predicted molar refractivity (Wildman–Crippen MR) is 113 cm³/mol. The van der Waals surface area contributed by atoms with Gasteiger partial charge in [-0.15, -0.1) is 0 Å². The van der Waals surface area contributed by atoms with Crippen LogP contribution in [0.15, 0.2) is 30.3 Å². The van der Waals surface area contributed by atoms with Gasteiger partial charge in [-0.2, -0.15) is 0 Å². The van der Waals surface area contributed by atoms with Crippen LogP contribution in [-0.2, 0) is 16.1 Å². The number of esters is 1. The van der Waals surface area contributed by atoms with Gasteiger partial charge in [0, 0.05) is 18.0 Å². The Labute approximate surface area is 171 Å². The number of nitrogens with two attached hydrogens (primary N) is 2. The van der Waals surface area contributed by atoms with Gasteiger partial charge in [0.2, 0.25) is 0 Å². The van der Waals surface area contributed by atoms with Crippen molar-refractivity contribution in [3.63, 3.8) is 0 Å². The molecular formula is C21H28ClN3O3. The monoisotopic (exact) mass is 405 g/mol. The summed E-state index contributed by atoms with van der Waals surface area (Å²) in [5.41, 5.74) is 9.81. The first kappa shape index (κ1) is 22.0. The average Bonchev–Trinajstić information content (AvgIpc) is 2.65. The summed E-state index contributed by atoms with van der Waals surface area (Å²) in [4.78, 5) is 12.7. The van der Waals surface area contributed by atoms with Gasteiger partial charge in [0.25, 0.3) is 0 Å². The van der Waals surface area contributed by atoms with Crippen LogP contribution >= 0.6 is 11.6 Å². The van der Waals surface area contributed by atoms with Crippen LogP contribution in [0.25, 0.3) is 0 Å². The third-order valence-electron chi connectivity index (χ3n) is 5.23. The maximum absolute atomic E-state index is 12.7. The number of hydrazine groups is 1. The first-order valence-electron chi connectivity index (χ1n) is 8.91. The first-order chi connectivity index (χ1) is 13.1. The van der Waals surface area contributed by atoms with Crippen LogP contribution in [0.1, 0.15) is 42.0 Å². The van der Waals surface area contributed by atoms with E-state index >= 15 is 0 Å². The Hall–Kier alpha value is -2.28. The zero-order valence-corrected chi connectivity index (χ0v) is 17.7. The van der Waals surface area contributed by atoms with Crippen molar-refractivity contribution in [2.45, 2.75) is 33.3 Å². The summed E-state index contributed by atoms with van der Waals surface area (Å²) >= 11 is 6.17. The molecule has 1 atom stereocenters. The summed E-state index contributed by atoms with van der Waals surface area (Å²) in [6.07, 6.45) is 0. The van der Waals surface area contributed by atoms with Crippen LogP contribution in [0.4, 0.5) is 11.4 Å². The quantitative estimate of drug-likeness (QED) is 0.295. The molecule has 1 unspecified atom stereocenters. The predicted octanol–water partition coefficient (Wildman–Crippen LogP) is 3.36. The lowest BCUT2D eigenvalue weighted by Crippen LogP contribution is -2.34. The molecule has 0 saturated heterocycles. The summed E-state index contributed by atoms with van der Waals surface area (Å²) in [5.74, 6) is 5.14. The van der Waals surface area contributed by atoms with E-state index in [-0.39, 0.29) is 18.5 Å². The Morgan fingerprint density at radius 1 is 1.32 bits per heavy atom. The highest BCUT2D eigenvalue weighted by Crippen LogP contribution is 2.45. The van der Waals surface area contributed by atoms with Crippen molar-refractivity contribution in [2.24, 2.45) is 11.3 Å². The number of halogens is 1. The molecule has 152 valence electrons. The van der Waals surface area contributed by atoms with Gasteiger partial charge in [-0.3, -0.25) is 4.79 Å². The molecule has 6 nitrogen and oxygen atoms in total. The number of carbonyl (C=O) groups is 1. The number of rotatable bonds is 6. The summed E-state index contributed by atoms with van der Waals surface area (Å²) in [6.45, 7) is 5.36. The van der Waals surface area contributed by atoms with E-state index in [4.69, 9.17) is 27.9 Å². The topological polar surface area (TPSA) is 102 Å². The van der Waals surface area contributed by atoms with E-state index in [1.807, 2.05) is 45.0 Å². The Morgan fingerprint density at radius 2 is 1.96 bits per heavy atom. The molecule has 5 N–H and O–H groups in total. The van der Waals surface area contributed by atoms with Gasteiger partial charge < -0.3 is 20.6 Å². The molecule has 0 aliphatic heterocycles. The highest BCUT2D eigenvalue weighted by molar-refractivity contribution is 6.31. The molecule has 28 heavy (non-hydrogen) atoms. The fraction of sp³-hybridized carbons (Fsp3) is 0.381. The summed E-state index contributed by atoms with van der Waals surface area (Å²) in [6, 6.07) is 9.16. The molecule has 0 bridgehead atoms. The molecule has 0 aliphatic carbocycles. The lowest BCUT2D eigenvalue weighted by molar-refractivity contribution is -0.151. The Kier molecular flexibility index (Phi) is 6.59. The Balaban J connectivity index is 2.77. The maximum Gasteiger partial charge on any atom is 0.312 e. The van der Waals surface area contributed by atoms with Gasteiger partial charge in [0.05, 0.1) is 30.5 Å². The molecule has 0 fully saturated rings. The molecule has 7 heteroatoms. The summed E-state index contributed by atoms with van der Waals surface area (Å²) < 4.78 is 5.08. The second-order valence-electron chi connectivity index (χ2n) is 7.48. The minimum Gasteiger partial charge on any atom is -0.469 e. The van der Waals surface area contributed by atoms with Crippen LogP contribution in [0.2, 0.25) is 5.02 Å². The molecule has 0 saturated carbocycles. The number of nitrogens with zero attached hydrogens (tertiary/aromatic N) is 1. The fourth-order valence-corrected chi connectivity index (χ4v) is 3.79. The van der Waals surface area contributed by atoms with E-state index < -0.39 is 5.41 Å². The number of anilines is 2. The number of ether oxygens (including phenoxy) is 1. The molecule has 0 heterocycles. The number of carbonyl (C=O) groups excluding carboxylic acids is 1. The lowest BCUT2D eigenvalue weighted by Gasteiger charge is -2.34. The molecule has 0 spiro atoms. The van der Waals surface area contributed by atoms with Crippen molar-refractivity contribution in [3.05, 3.63) is 57.6 Å². The van der Waals surface area contributed by atoms with Crippen LogP contribution in [0, 0.1) is 12.3 Å². The molecule has 0 aromatic heterocycles. The maximum atomic E-state index is 12.7. The number of aliphatic hydroxyl groups is 1. The zero-order valence-electron chi connectivity index (χ0n) is 16.9. The van der Waals surface area contributed by atoms with Crippen LogP contribution in [0.3, 0.4) is 0 Å². The minimum atomic E-state index is -0.900. The standard InChI is InChI=1S/C21H28ClN3O3/c1-12-15(7-9-17(19(12)23)25(4)24)18(21(2,3)20(27)28-5)13-6-8-16(22)14(10-13)11-26/h6-10,18,26H,11,23-24H2,1-5H3. The van der Waals surface area contributed by atoms with Crippen LogP contribution in [-0.4, -0.2) is 25.2 Å². The second kappa shape index (κ2) is 8.39. The van der Waals surface area contributed by atoms with Crippen molar-refractivity contribution in [1.82, 2.24) is 0 Å². The van der Waals surface area contributed by atoms with E-state index in [9.17, 15) is 9.90 Å². The highest BCUT2D eigenvalue weighted by Gasteiger charge is 2.41. The molecule has 0 radical (unpaired) electrons. The second-order valence-corrected chi connectivity index (χ2v) is 7.89. The minimum absolute atomic E-state index is 0.198. The Bertz CT molecular complexity index is 881. The van der Waals surface area contributed by atoms with E-state index in [0.29, 0.717) is 22.0 Å². The molecular weight excluding hydrogens is 378 g/mol. The number of hydrogen-bond acceptors (Lipinski definition) is 6. The summed E-state index contributed by atoms with van der Waals surface area (Å²) in [5, 5.41) is 11.6. The van der Waals surface area contributed by atoms with Gasteiger partial charge in [0.1, 0.15) is 0 Å². The number of methoxy groups -OCH3 is 1. The number of aliphatic hydroxyl groups excluding tert-OH is 1. The van der Waals surface area contributed by atoms with E-state index in [0.717, 1.165) is 16.7 Å². The molecule has 2 aromatic carbocycles. The smallest absolute Gasteiger partial charge is 0.312 e. The summed E-state index contributed by atoms with van der Waals surface area (Å²) in [7, 11) is 3.09. The largest absolute Gasteiger partial charge is 0.469 e. The third-order valence-corrected chi connectivity index (χ3v) is 5.60. The van der Waals surface area contributed by atoms with Crippen molar-refractivity contribution in [1.29, 1.82) is 0 Å². The zero-order chi connectivity index (χ0) is 21.2. The third kappa shape index (κ3) is 3.94. The van der Waals surface area contributed by atoms with Crippen LogP contribution in [0.5, 0.6) is 0 Å². The normalized spacial score (nSPS) is 12.6. The first-order valence-corrected chi connectivity index (χ1v) is 9.29. The molecule has 0 amide bonds. The Morgan fingerprint density at radius 3 is 2.50 bits per heavy atom. The van der Waals surface area contributed by atoms with Crippen molar-refractivity contribution in [2.75, 3.05) is 24.9 Å². The van der Waals surface area contributed by atoms with Gasteiger partial charge in [-0.25, -0.2) is 5.84 Å². The van der Waals surface area contributed by atoms with Gasteiger partial charge in [0.15, 0.2) is 0 Å². The van der Waals surface area contributed by atoms with E-state index in [1.54, 1.807) is 13.1 Å². The highest BCUT2D eigenvalue weighted by atomic mass is 35.5. The van der Waals surface area contributed by atoms with Crippen molar-refractivity contribution >= 4 is 28.9 Å². The number of hydrogen-bond donors (Lipinski definition) is 3. The fourth-order valence-electron chi connectivity index (χ4n) is 3.61. The number of nitrogen functional groups attached to an aromatic ring is 1. The molecule has 2 aromatic rings. The van der Waals surface area contributed by atoms with Gasteiger partial charge in [-0.05, 0) is 55.2 Å². The van der Waals surface area contributed by atoms with Gasteiger partial charge >= 0.3 is 5.97 Å². The average molecular weight is 406 g/mol. The van der Waals surface area contributed by atoms with E-state index in [2.05, 4.69) is 0 Å². The van der Waals surface area contributed by atoms with E-state index in [1.165, 1.54) is 12.1 Å². The van der Waals surface area contributed by atoms with Crippen LogP contribution < -0.4 is 16.6 Å². The number of benzene rings is 2. The van der Waals surface area contributed by atoms with Gasteiger partial charge in [-0.1, -0.05) is 29.8 Å². The molecule has 0 aliphatic rings. The SMILES string of the molecule is COC(=O)C(C)(C)C(c1ccc(Cl)c(CO)c1)c1ccc(N(C)N)c(N)c1C. The van der Waals surface area contributed by atoms with Crippen molar-refractivity contribution < 1.29 is 14.6 Å². The van der Waals surface area contributed by atoms with Crippen molar-refractivity contribution in [3.8, 4) is 0 Å². The lowest BCUT2D eigenvalue weighted by atomic mass is 9.69. The molecule has 2 rings (SSSR count).